The number of ether oxygens (including phenoxy) is 2. The van der Waals surface area contributed by atoms with E-state index in [2.05, 4.69) is 4.98 Å². The molecule has 2 unspecified atom stereocenters. The average Bonchev–Trinajstić information content (AvgIpc) is 2.65. The Morgan fingerprint density at radius 1 is 1.67 bits per heavy atom. The Labute approximate surface area is 108 Å². The summed E-state index contributed by atoms with van der Waals surface area (Å²) in [4.78, 5) is 13.5. The van der Waals surface area contributed by atoms with Crippen molar-refractivity contribution in [1.82, 2.24) is 9.55 Å². The van der Waals surface area contributed by atoms with Crippen LogP contribution < -0.4 is 5.56 Å². The Hall–Kier alpha value is -1.06. The van der Waals surface area contributed by atoms with E-state index in [1.54, 1.807) is 0 Å². The number of aromatic amines is 1. The Morgan fingerprint density at radius 3 is 2.94 bits per heavy atom. The van der Waals surface area contributed by atoms with Gasteiger partial charge in [0.2, 0.25) is 0 Å². The van der Waals surface area contributed by atoms with Crippen LogP contribution in [0.2, 0.25) is 0 Å². The van der Waals surface area contributed by atoms with Crippen molar-refractivity contribution < 1.29 is 19.7 Å². The Balaban J connectivity index is 2.38. The molecule has 0 spiro atoms. The molecule has 1 saturated heterocycles. The molecule has 1 aliphatic heterocycles. The van der Waals surface area contributed by atoms with Crippen LogP contribution in [0.4, 0.5) is 0 Å². The third-order valence-corrected chi connectivity index (χ3v) is 3.20. The summed E-state index contributed by atoms with van der Waals surface area (Å²) in [6, 6.07) is 1.30. The molecule has 1 aliphatic rings. The van der Waals surface area contributed by atoms with Crippen molar-refractivity contribution in [2.45, 2.75) is 24.5 Å². The molecule has 0 saturated carbocycles. The monoisotopic (exact) mass is 274 g/mol. The fourth-order valence-electron chi connectivity index (χ4n) is 1.98. The first kappa shape index (κ1) is 13.4. The molecule has 0 amide bonds. The van der Waals surface area contributed by atoms with E-state index in [1.165, 1.54) is 23.9 Å². The van der Waals surface area contributed by atoms with Crippen molar-refractivity contribution in [3.8, 4) is 0 Å². The first-order valence-electron chi connectivity index (χ1n) is 5.37. The molecule has 8 heteroatoms. The average molecular weight is 274 g/mol. The highest BCUT2D eigenvalue weighted by Crippen LogP contribution is 2.30. The quantitative estimate of drug-likeness (QED) is 0.623. The van der Waals surface area contributed by atoms with Crippen molar-refractivity contribution in [1.29, 1.82) is 0 Å². The van der Waals surface area contributed by atoms with Gasteiger partial charge in [0.25, 0.3) is 5.56 Å². The molecule has 2 rings (SSSR count). The zero-order valence-electron chi connectivity index (χ0n) is 9.65. The molecule has 0 aliphatic carbocycles. The summed E-state index contributed by atoms with van der Waals surface area (Å²) in [5.41, 5.74) is -0.317. The fraction of sp³-hybridized carbons (Fsp3) is 0.600. The maximum absolute atomic E-state index is 11.1. The lowest BCUT2D eigenvalue weighted by Gasteiger charge is -2.20. The molecule has 0 radical (unpaired) electrons. The minimum absolute atomic E-state index is 0.167. The molecular formula is C10H14N2O5S. The first-order valence-corrected chi connectivity index (χ1v) is 5.78. The van der Waals surface area contributed by atoms with Gasteiger partial charge in [0.05, 0.1) is 6.61 Å². The van der Waals surface area contributed by atoms with E-state index >= 15 is 0 Å². The van der Waals surface area contributed by atoms with Gasteiger partial charge >= 0.3 is 0 Å². The van der Waals surface area contributed by atoms with Crippen LogP contribution in [0.5, 0.6) is 0 Å². The van der Waals surface area contributed by atoms with Crippen LogP contribution in [0.25, 0.3) is 0 Å². The van der Waals surface area contributed by atoms with Crippen molar-refractivity contribution in [2.75, 3.05) is 13.7 Å². The van der Waals surface area contributed by atoms with Gasteiger partial charge in [0.15, 0.2) is 11.0 Å². The number of hydrogen-bond acceptors (Lipinski definition) is 6. The number of methoxy groups -OCH3 is 1. The lowest BCUT2D eigenvalue weighted by molar-refractivity contribution is -0.0616. The normalized spacial score (nSPS) is 31.7. The van der Waals surface area contributed by atoms with E-state index in [-0.39, 0.29) is 16.9 Å². The summed E-state index contributed by atoms with van der Waals surface area (Å²) in [6.45, 7) is -0.325. The first-order chi connectivity index (χ1) is 8.58. The summed E-state index contributed by atoms with van der Waals surface area (Å²) in [5.74, 6) is 0. The zero-order chi connectivity index (χ0) is 13.3. The van der Waals surface area contributed by atoms with Crippen LogP contribution in [-0.2, 0) is 9.47 Å². The van der Waals surface area contributed by atoms with Gasteiger partial charge in [-0.1, -0.05) is 0 Å². The van der Waals surface area contributed by atoms with E-state index in [9.17, 15) is 9.90 Å². The van der Waals surface area contributed by atoms with Gasteiger partial charge in [-0.05, 0) is 12.2 Å². The van der Waals surface area contributed by atoms with Crippen molar-refractivity contribution in [3.05, 3.63) is 27.4 Å². The van der Waals surface area contributed by atoms with E-state index in [4.69, 9.17) is 26.8 Å². The molecule has 4 atom stereocenters. The third-order valence-electron chi connectivity index (χ3n) is 2.89. The number of H-pyrrole nitrogens is 1. The third kappa shape index (κ3) is 2.25. The number of aliphatic hydroxyl groups excluding tert-OH is 2. The zero-order valence-corrected chi connectivity index (χ0v) is 10.5. The molecule has 1 aromatic heterocycles. The van der Waals surface area contributed by atoms with Crippen molar-refractivity contribution in [2.24, 2.45) is 0 Å². The van der Waals surface area contributed by atoms with Gasteiger partial charge in [-0.3, -0.25) is 14.3 Å². The second-order valence-corrected chi connectivity index (χ2v) is 4.34. The molecule has 7 nitrogen and oxygen atoms in total. The van der Waals surface area contributed by atoms with Gasteiger partial charge in [0, 0.05) is 19.4 Å². The smallest absolute Gasteiger partial charge is 0.251 e. The predicted octanol–water partition coefficient (Wildman–Crippen LogP) is -0.829. The number of aromatic nitrogens is 2. The second kappa shape index (κ2) is 5.29. The largest absolute Gasteiger partial charge is 0.394 e. The molecular weight excluding hydrogens is 260 g/mol. The Bertz CT molecular complexity index is 527. The maximum Gasteiger partial charge on any atom is 0.251 e. The second-order valence-electron chi connectivity index (χ2n) is 3.96. The highest BCUT2D eigenvalue weighted by Gasteiger charge is 2.44. The lowest BCUT2D eigenvalue weighted by atomic mass is 10.1. The topological polar surface area (TPSA) is 96.7 Å². The molecule has 1 aromatic rings. The van der Waals surface area contributed by atoms with Crippen LogP contribution in [0, 0.1) is 4.77 Å². The minimum Gasteiger partial charge on any atom is -0.394 e. The number of aliphatic hydroxyl groups is 2. The summed E-state index contributed by atoms with van der Waals surface area (Å²) in [7, 11) is 1.43. The van der Waals surface area contributed by atoms with Crippen LogP contribution in [-0.4, -0.2) is 51.8 Å². The molecule has 2 heterocycles. The maximum atomic E-state index is 11.1. The van der Waals surface area contributed by atoms with E-state index in [0.29, 0.717) is 0 Å². The molecule has 100 valence electrons. The van der Waals surface area contributed by atoms with E-state index in [0.717, 1.165) is 0 Å². The van der Waals surface area contributed by atoms with Gasteiger partial charge in [-0.2, -0.15) is 0 Å². The highest BCUT2D eigenvalue weighted by atomic mass is 32.1. The van der Waals surface area contributed by atoms with Gasteiger partial charge in [-0.15, -0.1) is 0 Å². The number of hydrogen-bond donors (Lipinski definition) is 3. The number of nitrogens with one attached hydrogen (secondary N) is 1. The molecule has 0 aromatic carbocycles. The number of nitrogens with zero attached hydrogens (tertiary/aromatic N) is 1. The standard InChI is InChI=1S/C10H14N2O5S/c1-16-8-7(15)5(4-13)17-9(8)12-3-2-6(14)11-10(12)18/h2-3,5,7-9,13,15H,4H2,1H3,(H,11,14,18)/t5-,7?,8?,9-/m0/s1. The minimum atomic E-state index is -0.959. The SMILES string of the molecule is COC1C(O)[C@H](CO)O[C@@H]1n1ccc(=O)[nH]c1=S. The summed E-state index contributed by atoms with van der Waals surface area (Å²) < 4.78 is 12.3. The molecule has 18 heavy (non-hydrogen) atoms. The summed E-state index contributed by atoms with van der Waals surface area (Å²) in [5, 5.41) is 19.0. The predicted molar refractivity (Wildman–Crippen MR) is 63.7 cm³/mol. The van der Waals surface area contributed by atoms with Crippen LogP contribution in [0.3, 0.4) is 0 Å². The van der Waals surface area contributed by atoms with Gasteiger partial charge < -0.3 is 19.7 Å². The Kier molecular flexibility index (Phi) is 3.93. The fourth-order valence-corrected chi connectivity index (χ4v) is 2.24. The Morgan fingerprint density at radius 2 is 2.39 bits per heavy atom. The number of rotatable bonds is 3. The van der Waals surface area contributed by atoms with Crippen LogP contribution >= 0.6 is 12.2 Å². The van der Waals surface area contributed by atoms with E-state index < -0.39 is 24.5 Å². The van der Waals surface area contributed by atoms with Gasteiger partial charge in [0.1, 0.15) is 18.3 Å². The van der Waals surface area contributed by atoms with Gasteiger partial charge in [-0.25, -0.2) is 0 Å². The molecule has 3 N–H and O–H groups in total. The summed E-state index contributed by atoms with van der Waals surface area (Å²) >= 11 is 5.02. The van der Waals surface area contributed by atoms with Crippen molar-refractivity contribution >= 4 is 12.2 Å². The lowest BCUT2D eigenvalue weighted by Crippen LogP contribution is -2.35. The summed E-state index contributed by atoms with van der Waals surface area (Å²) in [6.07, 6.45) is -1.59. The molecule has 1 fully saturated rings. The van der Waals surface area contributed by atoms with Crippen molar-refractivity contribution in [3.63, 3.8) is 0 Å². The molecule has 0 bridgehead atoms. The van der Waals surface area contributed by atoms with Crippen LogP contribution in [0.1, 0.15) is 6.23 Å². The van der Waals surface area contributed by atoms with E-state index in [1.807, 2.05) is 0 Å². The highest BCUT2D eigenvalue weighted by molar-refractivity contribution is 7.71. The van der Waals surface area contributed by atoms with Crippen LogP contribution in [0.15, 0.2) is 17.1 Å².